The SMILES string of the molecule is CCCS(=O)(=O)c1cc(Cl)cc(-c2ccccc2)c1[C@@H](Oc1cc(N2CCC3(CC2)CN[C@H](C(=O)OCC)C3)nc(N)n1)C(F)(F)F. The molecule has 2 atom stereocenters. The van der Waals surface area contributed by atoms with Crippen molar-refractivity contribution in [3.63, 3.8) is 0 Å². The second-order valence-electron chi connectivity index (χ2n) is 11.9. The van der Waals surface area contributed by atoms with Gasteiger partial charge in [-0.3, -0.25) is 4.79 Å². The zero-order valence-electron chi connectivity index (χ0n) is 26.0. The van der Waals surface area contributed by atoms with Crippen LogP contribution >= 0.6 is 11.6 Å². The van der Waals surface area contributed by atoms with E-state index in [0.717, 1.165) is 6.07 Å². The van der Waals surface area contributed by atoms with Crippen LogP contribution in [0.4, 0.5) is 24.9 Å². The minimum absolute atomic E-state index is 0.0364. The molecule has 5 rings (SSSR count). The summed E-state index contributed by atoms with van der Waals surface area (Å²) in [6.45, 7) is 5.33. The van der Waals surface area contributed by atoms with Gasteiger partial charge in [-0.1, -0.05) is 48.9 Å². The smallest absolute Gasteiger partial charge is 0.429 e. The molecule has 2 fully saturated rings. The van der Waals surface area contributed by atoms with E-state index in [2.05, 4.69) is 15.3 Å². The number of nitrogens with one attached hydrogen (secondary N) is 1. The van der Waals surface area contributed by atoms with Gasteiger partial charge in [-0.25, -0.2) is 8.42 Å². The number of nitrogens with two attached hydrogens (primary N) is 1. The summed E-state index contributed by atoms with van der Waals surface area (Å²) in [6, 6.07) is 11.3. The molecule has 2 aromatic carbocycles. The molecule has 0 amide bonds. The fraction of sp³-hybridized carbons (Fsp3) is 0.469. The first-order valence-corrected chi connectivity index (χ1v) is 17.4. The number of carbonyl (C=O) groups excluding carboxylic acids is 1. The summed E-state index contributed by atoms with van der Waals surface area (Å²) in [6.07, 6.45) is -5.62. The second-order valence-corrected chi connectivity index (χ2v) is 14.4. The van der Waals surface area contributed by atoms with Crippen LogP contribution in [0.25, 0.3) is 11.1 Å². The van der Waals surface area contributed by atoms with Crippen molar-refractivity contribution >= 4 is 39.2 Å². The van der Waals surface area contributed by atoms with Crippen molar-refractivity contribution in [1.29, 1.82) is 0 Å². The monoisotopic (exact) mass is 695 g/mol. The highest BCUT2D eigenvalue weighted by molar-refractivity contribution is 7.91. The van der Waals surface area contributed by atoms with E-state index in [0.29, 0.717) is 51.1 Å². The van der Waals surface area contributed by atoms with Crippen molar-refractivity contribution in [3.05, 3.63) is 59.1 Å². The molecule has 2 aliphatic rings. The Kier molecular flexibility index (Phi) is 10.2. The Bertz CT molecular complexity index is 1700. The second kappa shape index (κ2) is 13.9. The molecule has 47 heavy (non-hydrogen) atoms. The zero-order valence-corrected chi connectivity index (χ0v) is 27.6. The van der Waals surface area contributed by atoms with Crippen molar-refractivity contribution < 1.29 is 35.9 Å². The summed E-state index contributed by atoms with van der Waals surface area (Å²) in [7, 11) is -4.21. The van der Waals surface area contributed by atoms with E-state index in [1.54, 1.807) is 44.2 Å². The lowest BCUT2D eigenvalue weighted by molar-refractivity contribution is -0.199. The van der Waals surface area contributed by atoms with Crippen molar-refractivity contribution in [2.24, 2.45) is 5.41 Å². The Labute approximate surface area is 276 Å². The van der Waals surface area contributed by atoms with Crippen molar-refractivity contribution in [2.45, 2.75) is 62.7 Å². The zero-order chi connectivity index (χ0) is 34.0. The Balaban J connectivity index is 1.49. The summed E-state index contributed by atoms with van der Waals surface area (Å²) in [4.78, 5) is 21.8. The predicted molar refractivity (Wildman–Crippen MR) is 172 cm³/mol. The van der Waals surface area contributed by atoms with E-state index < -0.39 is 44.2 Å². The summed E-state index contributed by atoms with van der Waals surface area (Å²) >= 11 is 6.31. The fourth-order valence-corrected chi connectivity index (χ4v) is 8.24. The third-order valence-corrected chi connectivity index (χ3v) is 10.8. The van der Waals surface area contributed by atoms with E-state index in [-0.39, 0.29) is 46.2 Å². The molecule has 3 N–H and O–H groups in total. The molecule has 0 aliphatic carbocycles. The van der Waals surface area contributed by atoms with Crippen LogP contribution in [0.1, 0.15) is 51.2 Å². The number of aromatic nitrogens is 2. The number of hydrogen-bond acceptors (Lipinski definition) is 10. The lowest BCUT2D eigenvalue weighted by Gasteiger charge is -2.39. The van der Waals surface area contributed by atoms with Crippen LogP contribution in [0.15, 0.2) is 53.4 Å². The molecule has 2 saturated heterocycles. The number of rotatable bonds is 10. The van der Waals surface area contributed by atoms with Gasteiger partial charge in [0.1, 0.15) is 11.9 Å². The number of benzene rings is 2. The van der Waals surface area contributed by atoms with Crippen LogP contribution in [-0.2, 0) is 19.4 Å². The van der Waals surface area contributed by atoms with E-state index in [9.17, 15) is 13.2 Å². The molecule has 3 heterocycles. The maximum Gasteiger partial charge on any atom is 0.429 e. The van der Waals surface area contributed by atoms with Gasteiger partial charge in [0.05, 0.1) is 17.3 Å². The summed E-state index contributed by atoms with van der Waals surface area (Å²) < 4.78 is 82.7. The highest BCUT2D eigenvalue weighted by Crippen LogP contribution is 2.46. The molecule has 1 spiro atoms. The molecule has 10 nitrogen and oxygen atoms in total. The van der Waals surface area contributed by atoms with Gasteiger partial charge in [-0.2, -0.15) is 23.1 Å². The Morgan fingerprint density at radius 3 is 2.49 bits per heavy atom. The summed E-state index contributed by atoms with van der Waals surface area (Å²) in [5.74, 6) is -1.17. The molecule has 15 heteroatoms. The maximum absolute atomic E-state index is 15.0. The van der Waals surface area contributed by atoms with Gasteiger partial charge in [0.25, 0.3) is 0 Å². The van der Waals surface area contributed by atoms with Gasteiger partial charge in [0, 0.05) is 36.3 Å². The van der Waals surface area contributed by atoms with E-state index >= 15 is 13.2 Å². The number of ether oxygens (including phenoxy) is 2. The minimum Gasteiger partial charge on any atom is -0.465 e. The number of nitrogen functional groups attached to an aromatic ring is 1. The van der Waals surface area contributed by atoms with Crippen molar-refractivity contribution in [2.75, 3.05) is 42.6 Å². The molecule has 0 saturated carbocycles. The lowest BCUT2D eigenvalue weighted by Crippen LogP contribution is -2.41. The van der Waals surface area contributed by atoms with Crippen LogP contribution in [0.5, 0.6) is 5.88 Å². The van der Waals surface area contributed by atoms with Crippen LogP contribution < -0.4 is 20.7 Å². The maximum atomic E-state index is 15.0. The van der Waals surface area contributed by atoms with Gasteiger partial charge in [-0.15, -0.1) is 0 Å². The Hall–Kier alpha value is -3.62. The van der Waals surface area contributed by atoms with Gasteiger partial charge < -0.3 is 25.4 Å². The first-order chi connectivity index (χ1) is 22.2. The molecule has 1 aromatic heterocycles. The summed E-state index contributed by atoms with van der Waals surface area (Å²) in [5.41, 5.74) is 5.55. The molecule has 254 valence electrons. The van der Waals surface area contributed by atoms with Crippen molar-refractivity contribution in [1.82, 2.24) is 15.3 Å². The number of piperidine rings is 1. The average Bonchev–Trinajstić information content (AvgIpc) is 3.43. The van der Waals surface area contributed by atoms with Gasteiger partial charge in [0.2, 0.25) is 17.9 Å². The standard InChI is InChI=1S/C32H37ClF3N5O5S/c1-3-14-47(43,44)24-16-21(33)15-22(20-8-6-5-7-9-20)27(24)28(32(34,35)36)46-26-17-25(39-30(37)40-26)41-12-10-31(11-13-41)18-23(38-19-31)29(42)45-4-2/h5-9,15-17,23,28,38H,3-4,10-14,18-19H2,1-2H3,(H2,37,39,40)/t23-,28+/m0/s1. The molecule has 2 aliphatic heterocycles. The topological polar surface area (TPSA) is 137 Å². The normalized spacial score (nSPS) is 18.7. The molecular formula is C32H37ClF3N5O5S. The number of sulfone groups is 1. The predicted octanol–water partition coefficient (Wildman–Crippen LogP) is 5.76. The third-order valence-electron chi connectivity index (χ3n) is 8.58. The van der Waals surface area contributed by atoms with Crippen LogP contribution in [0, 0.1) is 5.41 Å². The fourth-order valence-electron chi connectivity index (χ4n) is 6.34. The van der Waals surface area contributed by atoms with Crippen LogP contribution in [0.3, 0.4) is 0 Å². The molecular weight excluding hydrogens is 659 g/mol. The molecule has 0 bridgehead atoms. The molecule has 0 radical (unpaired) electrons. The van der Waals surface area contributed by atoms with Crippen LogP contribution in [0.2, 0.25) is 5.02 Å². The number of carbonyl (C=O) groups is 1. The van der Waals surface area contributed by atoms with Gasteiger partial charge >= 0.3 is 12.1 Å². The Morgan fingerprint density at radius 2 is 1.85 bits per heavy atom. The first-order valence-electron chi connectivity index (χ1n) is 15.4. The highest BCUT2D eigenvalue weighted by atomic mass is 35.5. The quantitative estimate of drug-likeness (QED) is 0.252. The Morgan fingerprint density at radius 1 is 1.15 bits per heavy atom. The number of anilines is 2. The van der Waals surface area contributed by atoms with E-state index in [1.807, 2.05) is 4.90 Å². The number of esters is 1. The van der Waals surface area contributed by atoms with Gasteiger partial charge in [-0.05, 0) is 61.3 Å². The van der Waals surface area contributed by atoms with E-state index in [4.69, 9.17) is 26.8 Å². The van der Waals surface area contributed by atoms with Crippen LogP contribution in [-0.4, -0.2) is 68.6 Å². The molecule has 0 unspecified atom stereocenters. The molecule has 3 aromatic rings. The highest BCUT2D eigenvalue weighted by Gasteiger charge is 2.48. The van der Waals surface area contributed by atoms with Crippen molar-refractivity contribution in [3.8, 4) is 17.0 Å². The number of halogens is 4. The van der Waals surface area contributed by atoms with Gasteiger partial charge in [0.15, 0.2) is 9.84 Å². The third kappa shape index (κ3) is 7.76. The number of hydrogen-bond donors (Lipinski definition) is 2. The minimum atomic E-state index is -5.07. The summed E-state index contributed by atoms with van der Waals surface area (Å²) in [5, 5.41) is 3.22. The largest absolute Gasteiger partial charge is 0.465 e. The average molecular weight is 696 g/mol. The number of nitrogens with zero attached hydrogens (tertiary/aromatic N) is 3. The van der Waals surface area contributed by atoms with E-state index in [1.165, 1.54) is 12.1 Å². The first kappa shape index (κ1) is 34.7. The number of alkyl halides is 3. The lowest BCUT2D eigenvalue weighted by atomic mass is 9.76.